The normalized spacial score (nSPS) is 20.7. The van der Waals surface area contributed by atoms with E-state index in [2.05, 4.69) is 19.7 Å². The number of hydrogen-bond donors (Lipinski definition) is 0. The fraction of sp³-hybridized carbons (Fsp3) is 0.609. The van der Waals surface area contributed by atoms with Crippen molar-refractivity contribution in [3.8, 4) is 0 Å². The van der Waals surface area contributed by atoms with Gasteiger partial charge < -0.3 is 9.47 Å². The van der Waals surface area contributed by atoms with E-state index in [4.69, 9.17) is 0 Å². The van der Waals surface area contributed by atoms with E-state index in [1.165, 1.54) is 25.3 Å². The van der Waals surface area contributed by atoms with E-state index in [1.54, 1.807) is 11.9 Å². The molecule has 1 fully saturated rings. The van der Waals surface area contributed by atoms with Gasteiger partial charge in [-0.1, -0.05) is 12.5 Å². The molecule has 0 N–H and O–H groups in total. The Bertz CT molecular complexity index is 931. The smallest absolute Gasteiger partial charge is 0.236 e. The Labute approximate surface area is 182 Å². The highest BCUT2D eigenvalue weighted by Gasteiger charge is 2.29. The minimum atomic E-state index is -0.892. The Hall–Kier alpha value is -2.35. The monoisotopic (exact) mass is 431 g/mol. The number of carbonyl (C=O) groups excluding carboxylic acids is 1. The highest BCUT2D eigenvalue weighted by atomic mass is 19.2. The molecular weight excluding hydrogens is 400 g/mol. The molecule has 8 heteroatoms. The number of halogens is 2. The molecule has 2 aliphatic rings. The standard InChI is InChI=1S/C23H31F2N5O/c1-16(17-9-10-19(24)20(25)13-17)28(2)22(31)15-29-11-6-7-18(14-29)23-27-26-21-8-4-3-5-12-30(21)23/h9-10,13,16,18H,3-8,11-12,14-15H2,1-2H3. The number of carbonyl (C=O) groups is 1. The van der Waals surface area contributed by atoms with Crippen LogP contribution >= 0.6 is 0 Å². The van der Waals surface area contributed by atoms with Crippen LogP contribution in [0, 0.1) is 11.6 Å². The summed E-state index contributed by atoms with van der Waals surface area (Å²) in [4.78, 5) is 16.7. The Morgan fingerprint density at radius 3 is 2.81 bits per heavy atom. The van der Waals surface area contributed by atoms with E-state index in [9.17, 15) is 13.6 Å². The Kier molecular flexibility index (Phi) is 6.65. The van der Waals surface area contributed by atoms with Gasteiger partial charge in [-0.05, 0) is 56.8 Å². The number of benzene rings is 1. The van der Waals surface area contributed by atoms with Gasteiger partial charge in [-0.3, -0.25) is 9.69 Å². The van der Waals surface area contributed by atoms with Crippen molar-refractivity contribution < 1.29 is 13.6 Å². The number of hydrogen-bond acceptors (Lipinski definition) is 4. The van der Waals surface area contributed by atoms with Gasteiger partial charge >= 0.3 is 0 Å². The second kappa shape index (κ2) is 9.42. The maximum Gasteiger partial charge on any atom is 0.236 e. The van der Waals surface area contributed by atoms with Gasteiger partial charge in [0.2, 0.25) is 5.91 Å². The Morgan fingerprint density at radius 2 is 2.00 bits per heavy atom. The number of likely N-dealkylation sites (tertiary alicyclic amines) is 1. The fourth-order valence-electron chi connectivity index (χ4n) is 4.73. The summed E-state index contributed by atoms with van der Waals surface area (Å²) in [5.41, 5.74) is 0.581. The summed E-state index contributed by atoms with van der Waals surface area (Å²) in [6.45, 7) is 4.78. The number of likely N-dealkylation sites (N-methyl/N-ethyl adjacent to an activating group) is 1. The van der Waals surface area contributed by atoms with Gasteiger partial charge in [0.05, 0.1) is 12.6 Å². The minimum absolute atomic E-state index is 0.0297. The molecule has 0 bridgehead atoms. The van der Waals surface area contributed by atoms with Crippen molar-refractivity contribution in [2.75, 3.05) is 26.7 Å². The molecule has 3 heterocycles. The second-order valence-electron chi connectivity index (χ2n) is 8.87. The molecule has 0 saturated carbocycles. The van der Waals surface area contributed by atoms with Crippen LogP contribution in [0.2, 0.25) is 0 Å². The first-order valence-electron chi connectivity index (χ1n) is 11.3. The number of aryl methyl sites for hydroxylation is 1. The molecule has 4 rings (SSSR count). The van der Waals surface area contributed by atoms with Crippen LogP contribution in [-0.2, 0) is 17.8 Å². The molecule has 168 valence electrons. The van der Waals surface area contributed by atoms with Gasteiger partial charge in [0, 0.05) is 32.5 Å². The summed E-state index contributed by atoms with van der Waals surface area (Å²) in [6.07, 6.45) is 6.64. The molecule has 1 saturated heterocycles. The predicted molar refractivity (Wildman–Crippen MR) is 114 cm³/mol. The summed E-state index contributed by atoms with van der Waals surface area (Å²) >= 11 is 0. The van der Waals surface area contributed by atoms with E-state index < -0.39 is 11.6 Å². The first-order valence-corrected chi connectivity index (χ1v) is 11.3. The maximum absolute atomic E-state index is 13.6. The van der Waals surface area contributed by atoms with Gasteiger partial charge in [0.15, 0.2) is 11.6 Å². The van der Waals surface area contributed by atoms with E-state index >= 15 is 0 Å². The number of amides is 1. The van der Waals surface area contributed by atoms with Crippen LogP contribution in [-0.4, -0.2) is 57.2 Å². The lowest BCUT2D eigenvalue weighted by Crippen LogP contribution is -2.43. The Balaban J connectivity index is 1.39. The van der Waals surface area contributed by atoms with Crippen LogP contribution in [0.4, 0.5) is 8.78 Å². The van der Waals surface area contributed by atoms with Crippen LogP contribution in [0.25, 0.3) is 0 Å². The molecule has 0 radical (unpaired) electrons. The Morgan fingerprint density at radius 1 is 1.16 bits per heavy atom. The van der Waals surface area contributed by atoms with Gasteiger partial charge in [0.1, 0.15) is 11.6 Å². The van der Waals surface area contributed by atoms with Crippen molar-refractivity contribution in [2.24, 2.45) is 0 Å². The molecule has 2 atom stereocenters. The summed E-state index contributed by atoms with van der Waals surface area (Å²) in [7, 11) is 1.72. The first-order chi connectivity index (χ1) is 14.9. The van der Waals surface area contributed by atoms with Gasteiger partial charge in [-0.15, -0.1) is 10.2 Å². The lowest BCUT2D eigenvalue weighted by Gasteiger charge is -2.34. The quantitative estimate of drug-likeness (QED) is 0.725. The van der Waals surface area contributed by atoms with Gasteiger partial charge in [-0.25, -0.2) is 8.78 Å². The van der Waals surface area contributed by atoms with Crippen molar-refractivity contribution in [3.05, 3.63) is 47.0 Å². The highest BCUT2D eigenvalue weighted by molar-refractivity contribution is 5.78. The van der Waals surface area contributed by atoms with E-state index in [0.717, 1.165) is 62.7 Å². The molecule has 31 heavy (non-hydrogen) atoms. The average Bonchev–Trinajstić information content (AvgIpc) is 3.03. The SMILES string of the molecule is CC(c1ccc(F)c(F)c1)N(C)C(=O)CN1CCCC(c2nnc3n2CCCCC3)C1. The number of aromatic nitrogens is 3. The summed E-state index contributed by atoms with van der Waals surface area (Å²) < 4.78 is 29.1. The van der Waals surface area contributed by atoms with E-state index in [0.29, 0.717) is 12.1 Å². The maximum atomic E-state index is 13.6. The molecule has 0 spiro atoms. The molecule has 6 nitrogen and oxygen atoms in total. The molecule has 2 unspecified atom stereocenters. The molecule has 0 aliphatic carbocycles. The number of nitrogens with zero attached hydrogens (tertiary/aromatic N) is 5. The van der Waals surface area contributed by atoms with Gasteiger partial charge in [0.25, 0.3) is 0 Å². The third-order valence-corrected chi connectivity index (χ3v) is 6.77. The topological polar surface area (TPSA) is 54.3 Å². The number of piperidine rings is 1. The second-order valence-corrected chi connectivity index (χ2v) is 8.87. The van der Waals surface area contributed by atoms with Crippen molar-refractivity contribution >= 4 is 5.91 Å². The summed E-state index contributed by atoms with van der Waals surface area (Å²) in [6, 6.07) is 3.46. The van der Waals surface area contributed by atoms with Crippen molar-refractivity contribution in [1.82, 2.24) is 24.6 Å². The zero-order valence-corrected chi connectivity index (χ0v) is 18.4. The van der Waals surface area contributed by atoms with Crippen LogP contribution in [0.1, 0.15) is 68.2 Å². The van der Waals surface area contributed by atoms with Crippen LogP contribution in [0.3, 0.4) is 0 Å². The molecule has 2 aromatic rings. The molecule has 1 aromatic heterocycles. The zero-order chi connectivity index (χ0) is 22.0. The van der Waals surface area contributed by atoms with Crippen LogP contribution in [0.15, 0.2) is 18.2 Å². The molecular formula is C23H31F2N5O. The average molecular weight is 432 g/mol. The number of fused-ring (bicyclic) bond motifs is 1. The van der Waals surface area contributed by atoms with E-state index in [-0.39, 0.29) is 17.9 Å². The van der Waals surface area contributed by atoms with Crippen molar-refractivity contribution in [1.29, 1.82) is 0 Å². The third kappa shape index (κ3) is 4.79. The van der Waals surface area contributed by atoms with Gasteiger partial charge in [-0.2, -0.15) is 0 Å². The minimum Gasteiger partial charge on any atom is -0.338 e. The molecule has 2 aliphatic heterocycles. The predicted octanol–water partition coefficient (Wildman–Crippen LogP) is 3.68. The number of rotatable bonds is 5. The first kappa shape index (κ1) is 21.9. The van der Waals surface area contributed by atoms with E-state index in [1.807, 2.05) is 6.92 Å². The molecule has 1 aromatic carbocycles. The third-order valence-electron chi connectivity index (χ3n) is 6.77. The van der Waals surface area contributed by atoms with Crippen LogP contribution < -0.4 is 0 Å². The summed E-state index contributed by atoms with van der Waals surface area (Å²) in [5, 5.41) is 8.96. The van der Waals surface area contributed by atoms with Crippen molar-refractivity contribution in [2.45, 2.75) is 64.0 Å². The lowest BCUT2D eigenvalue weighted by atomic mass is 9.97. The van der Waals surface area contributed by atoms with Crippen molar-refractivity contribution in [3.63, 3.8) is 0 Å². The fourth-order valence-corrected chi connectivity index (χ4v) is 4.73. The molecule has 1 amide bonds. The zero-order valence-electron chi connectivity index (χ0n) is 18.4. The largest absolute Gasteiger partial charge is 0.338 e. The van der Waals surface area contributed by atoms with Crippen LogP contribution in [0.5, 0.6) is 0 Å². The lowest BCUT2D eigenvalue weighted by molar-refractivity contribution is -0.133. The summed E-state index contributed by atoms with van der Waals surface area (Å²) in [5.74, 6) is 0.651. The highest BCUT2D eigenvalue weighted by Crippen LogP contribution is 2.28.